The molecular weight excluding hydrogens is 276 g/mol. The molecule has 0 N–H and O–H groups in total. The maximum Gasteiger partial charge on any atom is 0.246 e. The number of fused-ring (bicyclic) bond motifs is 1. The molecule has 0 bridgehead atoms. The standard InChI is InChI=1S/C17H16N4O/c1-12-9-13-5-2-3-7-15(13)21(12)11-16-19-17(20-22-16)14-6-4-8-18-10-14/h2-8,10,12H,9,11H2,1H3. The summed E-state index contributed by atoms with van der Waals surface area (Å²) >= 11 is 0. The topological polar surface area (TPSA) is 55.1 Å². The number of hydrogen-bond donors (Lipinski definition) is 0. The SMILES string of the molecule is CC1Cc2ccccc2N1Cc1nc(-c2cccnc2)no1. The van der Waals surface area contributed by atoms with Gasteiger partial charge >= 0.3 is 0 Å². The average molecular weight is 292 g/mol. The Kier molecular flexibility index (Phi) is 3.11. The number of anilines is 1. The summed E-state index contributed by atoms with van der Waals surface area (Å²) in [5.74, 6) is 1.21. The fraction of sp³-hybridized carbons (Fsp3) is 0.235. The van der Waals surface area contributed by atoms with Crippen LogP contribution in [0.1, 0.15) is 18.4 Å². The zero-order valence-electron chi connectivity index (χ0n) is 12.3. The Balaban J connectivity index is 1.59. The predicted octanol–water partition coefficient (Wildman–Crippen LogP) is 3.08. The Hall–Kier alpha value is -2.69. The Bertz CT molecular complexity index is 784. The molecule has 0 fully saturated rings. The summed E-state index contributed by atoms with van der Waals surface area (Å²) in [6.45, 7) is 2.85. The van der Waals surface area contributed by atoms with Crippen molar-refractivity contribution in [1.82, 2.24) is 15.1 Å². The van der Waals surface area contributed by atoms with Crippen LogP contribution in [-0.2, 0) is 13.0 Å². The molecular formula is C17H16N4O. The number of aromatic nitrogens is 3. The van der Waals surface area contributed by atoms with Crippen LogP contribution in [0, 0.1) is 0 Å². The van der Waals surface area contributed by atoms with E-state index in [0.717, 1.165) is 12.0 Å². The van der Waals surface area contributed by atoms with E-state index < -0.39 is 0 Å². The Morgan fingerprint density at radius 1 is 1.23 bits per heavy atom. The van der Waals surface area contributed by atoms with Crippen molar-refractivity contribution in [2.24, 2.45) is 0 Å². The van der Waals surface area contributed by atoms with E-state index in [9.17, 15) is 0 Å². The lowest BCUT2D eigenvalue weighted by molar-refractivity contribution is 0.374. The summed E-state index contributed by atoms with van der Waals surface area (Å²) < 4.78 is 5.41. The molecule has 1 unspecified atom stereocenters. The van der Waals surface area contributed by atoms with Gasteiger partial charge in [0.05, 0.1) is 6.54 Å². The lowest BCUT2D eigenvalue weighted by Gasteiger charge is -2.22. The molecule has 1 aliphatic heterocycles. The maximum atomic E-state index is 5.41. The molecule has 2 aromatic heterocycles. The molecule has 22 heavy (non-hydrogen) atoms. The van der Waals surface area contributed by atoms with Crippen molar-refractivity contribution in [3.05, 3.63) is 60.2 Å². The van der Waals surface area contributed by atoms with Gasteiger partial charge in [-0.25, -0.2) is 0 Å². The summed E-state index contributed by atoms with van der Waals surface area (Å²) in [7, 11) is 0. The van der Waals surface area contributed by atoms with Crippen LogP contribution in [0.5, 0.6) is 0 Å². The number of hydrogen-bond acceptors (Lipinski definition) is 5. The smallest absolute Gasteiger partial charge is 0.246 e. The van der Waals surface area contributed by atoms with Crippen LogP contribution in [0.4, 0.5) is 5.69 Å². The highest BCUT2D eigenvalue weighted by Crippen LogP contribution is 2.32. The van der Waals surface area contributed by atoms with Gasteiger partial charge < -0.3 is 9.42 Å². The van der Waals surface area contributed by atoms with Gasteiger partial charge in [0, 0.05) is 29.7 Å². The maximum absolute atomic E-state index is 5.41. The van der Waals surface area contributed by atoms with Crippen LogP contribution < -0.4 is 4.90 Å². The monoisotopic (exact) mass is 292 g/mol. The van der Waals surface area contributed by atoms with Crippen LogP contribution in [0.25, 0.3) is 11.4 Å². The largest absolute Gasteiger partial charge is 0.359 e. The molecule has 0 amide bonds. The van der Waals surface area contributed by atoms with E-state index in [1.54, 1.807) is 12.4 Å². The third-order valence-electron chi connectivity index (χ3n) is 4.04. The lowest BCUT2D eigenvalue weighted by Crippen LogP contribution is -2.28. The highest BCUT2D eigenvalue weighted by Gasteiger charge is 2.27. The number of para-hydroxylation sites is 1. The quantitative estimate of drug-likeness (QED) is 0.742. The van der Waals surface area contributed by atoms with Gasteiger partial charge in [-0.15, -0.1) is 0 Å². The third-order valence-corrected chi connectivity index (χ3v) is 4.04. The van der Waals surface area contributed by atoms with Crippen molar-refractivity contribution in [1.29, 1.82) is 0 Å². The van der Waals surface area contributed by atoms with Crippen LogP contribution >= 0.6 is 0 Å². The summed E-state index contributed by atoms with van der Waals surface area (Å²) in [5, 5.41) is 4.06. The van der Waals surface area contributed by atoms with Crippen LogP contribution in [0.15, 0.2) is 53.3 Å². The molecule has 3 heterocycles. The van der Waals surface area contributed by atoms with E-state index >= 15 is 0 Å². The molecule has 110 valence electrons. The average Bonchev–Trinajstić information content (AvgIpc) is 3.14. The number of nitrogens with zero attached hydrogens (tertiary/aromatic N) is 4. The van der Waals surface area contributed by atoms with Crippen molar-refractivity contribution in [3.63, 3.8) is 0 Å². The molecule has 5 nitrogen and oxygen atoms in total. The number of pyridine rings is 1. The van der Waals surface area contributed by atoms with Crippen LogP contribution in [0.3, 0.4) is 0 Å². The molecule has 0 aliphatic carbocycles. The van der Waals surface area contributed by atoms with Gasteiger partial charge in [-0.2, -0.15) is 4.98 Å². The first-order valence-electron chi connectivity index (χ1n) is 7.39. The lowest BCUT2D eigenvalue weighted by atomic mass is 10.1. The van der Waals surface area contributed by atoms with Gasteiger partial charge in [-0.1, -0.05) is 23.4 Å². The first-order chi connectivity index (χ1) is 10.8. The normalized spacial score (nSPS) is 16.8. The second-order valence-electron chi connectivity index (χ2n) is 5.56. The minimum absolute atomic E-state index is 0.436. The van der Waals surface area contributed by atoms with Crippen molar-refractivity contribution in [2.75, 3.05) is 4.90 Å². The molecule has 4 rings (SSSR count). The van der Waals surface area contributed by atoms with Crippen molar-refractivity contribution >= 4 is 5.69 Å². The van der Waals surface area contributed by atoms with E-state index in [2.05, 4.69) is 51.2 Å². The summed E-state index contributed by atoms with van der Waals surface area (Å²) in [6, 6.07) is 12.7. The molecule has 0 spiro atoms. The van der Waals surface area contributed by atoms with E-state index in [1.165, 1.54) is 11.3 Å². The minimum atomic E-state index is 0.436. The van der Waals surface area contributed by atoms with Gasteiger partial charge in [0.1, 0.15) is 0 Å². The summed E-state index contributed by atoms with van der Waals surface area (Å²) in [4.78, 5) is 10.9. The third kappa shape index (κ3) is 2.24. The van der Waals surface area contributed by atoms with Gasteiger partial charge in [0.15, 0.2) is 0 Å². The Morgan fingerprint density at radius 3 is 3.00 bits per heavy atom. The molecule has 0 saturated heterocycles. The van der Waals surface area contributed by atoms with Gasteiger partial charge in [0.25, 0.3) is 0 Å². The second-order valence-corrected chi connectivity index (χ2v) is 5.56. The summed E-state index contributed by atoms with van der Waals surface area (Å²) in [5.41, 5.74) is 3.51. The fourth-order valence-electron chi connectivity index (χ4n) is 2.95. The minimum Gasteiger partial charge on any atom is -0.359 e. The molecule has 1 aromatic carbocycles. The van der Waals surface area contributed by atoms with E-state index in [1.807, 2.05) is 12.1 Å². The predicted molar refractivity (Wildman–Crippen MR) is 83.3 cm³/mol. The van der Waals surface area contributed by atoms with Crippen molar-refractivity contribution < 1.29 is 4.52 Å². The van der Waals surface area contributed by atoms with Gasteiger partial charge in [0.2, 0.25) is 11.7 Å². The highest BCUT2D eigenvalue weighted by molar-refractivity contribution is 5.59. The molecule has 3 aromatic rings. The van der Waals surface area contributed by atoms with Gasteiger partial charge in [-0.3, -0.25) is 4.98 Å². The van der Waals surface area contributed by atoms with E-state index in [0.29, 0.717) is 24.3 Å². The molecule has 0 radical (unpaired) electrons. The fourth-order valence-corrected chi connectivity index (χ4v) is 2.95. The molecule has 5 heteroatoms. The first-order valence-corrected chi connectivity index (χ1v) is 7.39. The number of rotatable bonds is 3. The highest BCUT2D eigenvalue weighted by atomic mass is 16.5. The van der Waals surface area contributed by atoms with Crippen LogP contribution in [0.2, 0.25) is 0 Å². The van der Waals surface area contributed by atoms with E-state index in [-0.39, 0.29) is 0 Å². The first kappa shape index (κ1) is 13.0. The molecule has 1 atom stereocenters. The van der Waals surface area contributed by atoms with E-state index in [4.69, 9.17) is 4.52 Å². The molecule has 1 aliphatic rings. The summed E-state index contributed by atoms with van der Waals surface area (Å²) in [6.07, 6.45) is 4.52. The van der Waals surface area contributed by atoms with Crippen LogP contribution in [-0.4, -0.2) is 21.2 Å². The number of benzene rings is 1. The zero-order chi connectivity index (χ0) is 14.9. The van der Waals surface area contributed by atoms with Crippen molar-refractivity contribution in [3.8, 4) is 11.4 Å². The molecule has 0 saturated carbocycles. The second kappa shape index (κ2) is 5.26. The Morgan fingerprint density at radius 2 is 2.14 bits per heavy atom. The van der Waals surface area contributed by atoms with Crippen molar-refractivity contribution in [2.45, 2.75) is 25.9 Å². The zero-order valence-corrected chi connectivity index (χ0v) is 12.3. The van der Waals surface area contributed by atoms with Gasteiger partial charge in [-0.05, 0) is 37.1 Å². The Labute approximate surface area is 128 Å².